The lowest BCUT2D eigenvalue weighted by Gasteiger charge is -2.43. The van der Waals surface area contributed by atoms with Crippen molar-refractivity contribution in [2.75, 3.05) is 31.6 Å². The predicted octanol–water partition coefficient (Wildman–Crippen LogP) is 2.63. The van der Waals surface area contributed by atoms with Gasteiger partial charge in [-0.25, -0.2) is 8.78 Å². The average molecular weight is 342 g/mol. The zero-order chi connectivity index (χ0) is 17.2. The largest absolute Gasteiger partial charge is 0.379 e. The maximum absolute atomic E-state index is 13.0. The quantitative estimate of drug-likeness (QED) is 0.863. The molecule has 2 N–H and O–H groups in total. The number of aromatic amines is 1. The van der Waals surface area contributed by atoms with Crippen molar-refractivity contribution < 1.29 is 18.3 Å². The van der Waals surface area contributed by atoms with Gasteiger partial charge in [0.1, 0.15) is 0 Å². The third-order valence-corrected chi connectivity index (χ3v) is 5.15. The first kappa shape index (κ1) is 17.3. The number of aromatic nitrogens is 2. The van der Waals surface area contributed by atoms with E-state index in [0.29, 0.717) is 25.3 Å². The lowest BCUT2D eigenvalue weighted by atomic mass is 9.90. The summed E-state index contributed by atoms with van der Waals surface area (Å²) in [5, 5.41) is 8.77. The van der Waals surface area contributed by atoms with Crippen LogP contribution in [0.1, 0.15) is 49.9 Å². The van der Waals surface area contributed by atoms with Gasteiger partial charge >= 0.3 is 0 Å². The molecule has 3 rings (SSSR count). The molecule has 2 aliphatic rings. The van der Waals surface area contributed by atoms with Crippen molar-refractivity contribution in [1.82, 2.24) is 15.1 Å². The number of aryl methyl sites for hydroxylation is 1. The fourth-order valence-electron chi connectivity index (χ4n) is 3.92. The van der Waals surface area contributed by atoms with E-state index in [1.54, 1.807) is 6.92 Å². The molecular weight excluding hydrogens is 318 g/mol. The Morgan fingerprint density at radius 1 is 1.38 bits per heavy atom. The van der Waals surface area contributed by atoms with Crippen LogP contribution in [-0.2, 0) is 9.53 Å². The van der Waals surface area contributed by atoms with Crippen LogP contribution < -0.4 is 5.32 Å². The highest BCUT2D eigenvalue weighted by Crippen LogP contribution is 2.39. The van der Waals surface area contributed by atoms with Crippen LogP contribution in [0.2, 0.25) is 0 Å². The van der Waals surface area contributed by atoms with Gasteiger partial charge in [0.25, 0.3) is 6.43 Å². The second-order valence-electron chi connectivity index (χ2n) is 6.67. The van der Waals surface area contributed by atoms with E-state index < -0.39 is 12.1 Å². The predicted molar refractivity (Wildman–Crippen MR) is 85.1 cm³/mol. The van der Waals surface area contributed by atoms with Gasteiger partial charge in [0.05, 0.1) is 24.6 Å². The molecule has 1 aliphatic carbocycles. The molecule has 2 fully saturated rings. The number of morpholine rings is 1. The molecule has 8 heteroatoms. The summed E-state index contributed by atoms with van der Waals surface area (Å²) in [4.78, 5) is 14.9. The van der Waals surface area contributed by atoms with E-state index in [1.165, 1.54) is 0 Å². The second-order valence-corrected chi connectivity index (χ2v) is 6.67. The Bertz CT molecular complexity index is 579. The summed E-state index contributed by atoms with van der Waals surface area (Å²) < 4.78 is 31.4. The Balaban J connectivity index is 1.71. The summed E-state index contributed by atoms with van der Waals surface area (Å²) in [6, 6.07) is 0. The van der Waals surface area contributed by atoms with Crippen LogP contribution in [0.25, 0.3) is 0 Å². The van der Waals surface area contributed by atoms with Crippen molar-refractivity contribution >= 4 is 11.6 Å². The second kappa shape index (κ2) is 7.14. The van der Waals surface area contributed by atoms with Crippen LogP contribution in [0.15, 0.2) is 0 Å². The third kappa shape index (κ3) is 3.44. The monoisotopic (exact) mass is 342 g/mol. The van der Waals surface area contributed by atoms with Crippen LogP contribution in [0.4, 0.5) is 14.5 Å². The van der Waals surface area contributed by atoms with Gasteiger partial charge in [0.15, 0.2) is 5.69 Å². The van der Waals surface area contributed by atoms with E-state index >= 15 is 0 Å². The summed E-state index contributed by atoms with van der Waals surface area (Å²) in [7, 11) is 0. The third-order valence-electron chi connectivity index (χ3n) is 5.15. The van der Waals surface area contributed by atoms with Crippen LogP contribution >= 0.6 is 0 Å². The highest BCUT2D eigenvalue weighted by molar-refractivity contribution is 5.92. The van der Waals surface area contributed by atoms with Crippen molar-refractivity contribution in [1.29, 1.82) is 0 Å². The Morgan fingerprint density at radius 3 is 2.67 bits per heavy atom. The van der Waals surface area contributed by atoms with Crippen molar-refractivity contribution in [3.05, 3.63) is 11.4 Å². The van der Waals surface area contributed by atoms with Gasteiger partial charge < -0.3 is 10.1 Å². The zero-order valence-electron chi connectivity index (χ0n) is 13.9. The van der Waals surface area contributed by atoms with Crippen molar-refractivity contribution in [3.8, 4) is 0 Å². The Morgan fingerprint density at radius 2 is 2.04 bits per heavy atom. The Hall–Kier alpha value is -1.54. The molecule has 1 saturated carbocycles. The molecule has 0 aromatic carbocycles. The SMILES string of the molecule is Cc1[nH]nc(C(F)F)c1NC(=O)CC1(N2CCOCC2)CCCC1. The van der Waals surface area contributed by atoms with E-state index in [1.807, 2.05) is 0 Å². The summed E-state index contributed by atoms with van der Waals surface area (Å²) in [6.45, 7) is 4.63. The zero-order valence-corrected chi connectivity index (χ0v) is 13.9. The molecule has 1 aromatic heterocycles. The molecule has 1 amide bonds. The molecule has 1 aliphatic heterocycles. The fraction of sp³-hybridized carbons (Fsp3) is 0.750. The van der Waals surface area contributed by atoms with Crippen LogP contribution in [0.5, 0.6) is 0 Å². The number of halogens is 2. The number of ether oxygens (including phenoxy) is 1. The van der Waals surface area contributed by atoms with Crippen LogP contribution in [0, 0.1) is 6.92 Å². The normalized spacial score (nSPS) is 21.3. The maximum atomic E-state index is 13.0. The smallest absolute Gasteiger partial charge is 0.284 e. The highest BCUT2D eigenvalue weighted by Gasteiger charge is 2.41. The molecule has 2 heterocycles. The first-order chi connectivity index (χ1) is 11.5. The number of rotatable bonds is 5. The summed E-state index contributed by atoms with van der Waals surface area (Å²) >= 11 is 0. The molecule has 24 heavy (non-hydrogen) atoms. The molecular formula is C16H24F2N4O2. The molecule has 0 radical (unpaired) electrons. The summed E-state index contributed by atoms with van der Waals surface area (Å²) in [5.74, 6) is -0.227. The summed E-state index contributed by atoms with van der Waals surface area (Å²) in [6.07, 6.45) is 1.72. The van der Waals surface area contributed by atoms with Crippen molar-refractivity contribution in [2.24, 2.45) is 0 Å². The fourth-order valence-corrected chi connectivity index (χ4v) is 3.92. The van der Waals surface area contributed by atoms with Gasteiger partial charge in [-0.05, 0) is 19.8 Å². The first-order valence-electron chi connectivity index (χ1n) is 8.47. The number of alkyl halides is 2. The number of anilines is 1. The molecule has 1 aromatic rings. The van der Waals surface area contributed by atoms with Gasteiger partial charge in [-0.2, -0.15) is 5.10 Å². The van der Waals surface area contributed by atoms with E-state index in [4.69, 9.17) is 4.74 Å². The molecule has 0 bridgehead atoms. The molecule has 1 saturated heterocycles. The molecule has 6 nitrogen and oxygen atoms in total. The number of nitrogens with zero attached hydrogens (tertiary/aromatic N) is 2. The minimum absolute atomic E-state index is 0.116. The number of hydrogen-bond donors (Lipinski definition) is 2. The molecule has 0 unspecified atom stereocenters. The number of nitrogens with one attached hydrogen (secondary N) is 2. The number of amides is 1. The number of hydrogen-bond acceptors (Lipinski definition) is 4. The summed E-state index contributed by atoms with van der Waals surface area (Å²) in [5.41, 5.74) is -0.000406. The van der Waals surface area contributed by atoms with E-state index in [2.05, 4.69) is 20.4 Å². The van der Waals surface area contributed by atoms with Gasteiger partial charge in [-0.3, -0.25) is 14.8 Å². The van der Waals surface area contributed by atoms with E-state index in [-0.39, 0.29) is 17.1 Å². The lowest BCUT2D eigenvalue weighted by molar-refractivity contribution is -0.120. The van der Waals surface area contributed by atoms with Crippen LogP contribution in [0.3, 0.4) is 0 Å². The molecule has 0 atom stereocenters. The highest BCUT2D eigenvalue weighted by atomic mass is 19.3. The molecule has 134 valence electrons. The standard InChI is InChI=1S/C16H24F2N4O2/c1-11-13(14(15(17)18)21-20-11)19-12(23)10-16(4-2-3-5-16)22-6-8-24-9-7-22/h15H,2-10H2,1H3,(H,19,23)(H,20,21). The number of carbonyl (C=O) groups is 1. The minimum atomic E-state index is -2.72. The average Bonchev–Trinajstić information content (AvgIpc) is 3.17. The first-order valence-corrected chi connectivity index (χ1v) is 8.47. The lowest BCUT2D eigenvalue weighted by Crippen LogP contribution is -2.53. The minimum Gasteiger partial charge on any atom is -0.379 e. The van der Waals surface area contributed by atoms with Gasteiger partial charge in [0, 0.05) is 25.0 Å². The Labute approximate surface area is 139 Å². The topological polar surface area (TPSA) is 70.2 Å². The van der Waals surface area contributed by atoms with Crippen LogP contribution in [-0.4, -0.2) is 52.8 Å². The van der Waals surface area contributed by atoms with Crippen molar-refractivity contribution in [2.45, 2.75) is 51.0 Å². The van der Waals surface area contributed by atoms with E-state index in [0.717, 1.165) is 38.8 Å². The number of H-pyrrole nitrogens is 1. The van der Waals surface area contributed by atoms with Gasteiger partial charge in [-0.15, -0.1) is 0 Å². The van der Waals surface area contributed by atoms with E-state index in [9.17, 15) is 13.6 Å². The maximum Gasteiger partial charge on any atom is 0.284 e. The number of carbonyl (C=O) groups excluding carboxylic acids is 1. The Kier molecular flexibility index (Phi) is 5.15. The van der Waals surface area contributed by atoms with Gasteiger partial charge in [-0.1, -0.05) is 12.8 Å². The van der Waals surface area contributed by atoms with Gasteiger partial charge in [0.2, 0.25) is 5.91 Å². The van der Waals surface area contributed by atoms with Crippen molar-refractivity contribution in [3.63, 3.8) is 0 Å². The molecule has 0 spiro atoms.